The molecular weight excluding hydrogens is 248 g/mol. The Labute approximate surface area is 125 Å². The SMILES string of the molecule is CCCC(CCN)CCC(=O)NC1CCCCCC1C. The van der Waals surface area contributed by atoms with Gasteiger partial charge in [-0.15, -0.1) is 0 Å². The molecule has 3 atom stereocenters. The topological polar surface area (TPSA) is 55.1 Å². The smallest absolute Gasteiger partial charge is 0.220 e. The van der Waals surface area contributed by atoms with Crippen molar-refractivity contribution in [3.63, 3.8) is 0 Å². The van der Waals surface area contributed by atoms with Crippen molar-refractivity contribution in [1.29, 1.82) is 0 Å². The molecule has 0 bridgehead atoms. The molecule has 0 saturated heterocycles. The van der Waals surface area contributed by atoms with Crippen LogP contribution >= 0.6 is 0 Å². The molecule has 1 aliphatic rings. The summed E-state index contributed by atoms with van der Waals surface area (Å²) >= 11 is 0. The molecule has 0 heterocycles. The third-order valence-electron chi connectivity index (χ3n) is 4.76. The van der Waals surface area contributed by atoms with Crippen LogP contribution in [0.25, 0.3) is 0 Å². The first-order valence-corrected chi connectivity index (χ1v) is 8.66. The predicted molar refractivity (Wildman–Crippen MR) is 85.5 cm³/mol. The van der Waals surface area contributed by atoms with E-state index in [1.54, 1.807) is 0 Å². The van der Waals surface area contributed by atoms with Gasteiger partial charge in [-0.2, -0.15) is 0 Å². The summed E-state index contributed by atoms with van der Waals surface area (Å²) in [6.45, 7) is 5.23. The highest BCUT2D eigenvalue weighted by molar-refractivity contribution is 5.76. The molecule has 0 aliphatic heterocycles. The quantitative estimate of drug-likeness (QED) is 0.668. The number of carbonyl (C=O) groups excluding carboxylic acids is 1. The number of nitrogens with one attached hydrogen (secondary N) is 1. The van der Waals surface area contributed by atoms with E-state index in [-0.39, 0.29) is 5.91 Å². The summed E-state index contributed by atoms with van der Waals surface area (Å²) in [5, 5.41) is 3.28. The van der Waals surface area contributed by atoms with Gasteiger partial charge in [-0.05, 0) is 44.1 Å². The van der Waals surface area contributed by atoms with Crippen molar-refractivity contribution < 1.29 is 4.79 Å². The molecule has 20 heavy (non-hydrogen) atoms. The molecule has 1 saturated carbocycles. The molecule has 1 rings (SSSR count). The molecular formula is C17H34N2O. The van der Waals surface area contributed by atoms with Crippen LogP contribution in [0.15, 0.2) is 0 Å². The van der Waals surface area contributed by atoms with E-state index in [1.807, 2.05) is 0 Å². The molecule has 1 amide bonds. The molecule has 3 N–H and O–H groups in total. The van der Waals surface area contributed by atoms with Gasteiger partial charge in [-0.25, -0.2) is 0 Å². The first-order valence-electron chi connectivity index (χ1n) is 8.66. The van der Waals surface area contributed by atoms with E-state index < -0.39 is 0 Å². The van der Waals surface area contributed by atoms with E-state index >= 15 is 0 Å². The molecule has 118 valence electrons. The van der Waals surface area contributed by atoms with Gasteiger partial charge in [0.25, 0.3) is 0 Å². The summed E-state index contributed by atoms with van der Waals surface area (Å²) in [5.74, 6) is 1.51. The van der Waals surface area contributed by atoms with E-state index in [4.69, 9.17) is 5.73 Å². The molecule has 1 fully saturated rings. The van der Waals surface area contributed by atoms with Crippen LogP contribution < -0.4 is 11.1 Å². The molecule has 0 spiro atoms. The Hall–Kier alpha value is -0.570. The Bertz CT molecular complexity index is 262. The lowest BCUT2D eigenvalue weighted by molar-refractivity contribution is -0.122. The molecule has 0 radical (unpaired) electrons. The number of hydrogen-bond donors (Lipinski definition) is 2. The summed E-state index contributed by atoms with van der Waals surface area (Å²) < 4.78 is 0. The van der Waals surface area contributed by atoms with Crippen molar-refractivity contribution in [3.8, 4) is 0 Å². The summed E-state index contributed by atoms with van der Waals surface area (Å²) in [6, 6.07) is 0.407. The monoisotopic (exact) mass is 282 g/mol. The van der Waals surface area contributed by atoms with E-state index in [2.05, 4.69) is 19.2 Å². The second kappa shape index (κ2) is 10.2. The van der Waals surface area contributed by atoms with Gasteiger partial charge >= 0.3 is 0 Å². The Morgan fingerprint density at radius 3 is 2.65 bits per heavy atom. The highest BCUT2D eigenvalue weighted by atomic mass is 16.1. The summed E-state index contributed by atoms with van der Waals surface area (Å²) in [6.07, 6.45) is 11.4. The zero-order chi connectivity index (χ0) is 14.8. The second-order valence-corrected chi connectivity index (χ2v) is 6.56. The molecule has 3 heteroatoms. The van der Waals surface area contributed by atoms with E-state index in [0.29, 0.717) is 24.3 Å². The van der Waals surface area contributed by atoms with Gasteiger partial charge in [0.15, 0.2) is 0 Å². The van der Waals surface area contributed by atoms with E-state index in [0.717, 1.165) is 25.8 Å². The third-order valence-corrected chi connectivity index (χ3v) is 4.76. The van der Waals surface area contributed by atoms with E-state index in [9.17, 15) is 4.79 Å². The minimum atomic E-state index is 0.252. The minimum absolute atomic E-state index is 0.252. The fourth-order valence-corrected chi connectivity index (χ4v) is 3.40. The molecule has 0 aromatic carbocycles. The van der Waals surface area contributed by atoms with Crippen LogP contribution in [-0.2, 0) is 4.79 Å². The lowest BCUT2D eigenvalue weighted by Gasteiger charge is -2.23. The Balaban J connectivity index is 2.30. The first kappa shape index (κ1) is 17.5. The van der Waals surface area contributed by atoms with Crippen LogP contribution in [0.1, 0.15) is 78.1 Å². The van der Waals surface area contributed by atoms with Crippen LogP contribution in [0.2, 0.25) is 0 Å². The maximum absolute atomic E-state index is 12.1. The van der Waals surface area contributed by atoms with Crippen molar-refractivity contribution in [2.75, 3.05) is 6.54 Å². The van der Waals surface area contributed by atoms with Crippen LogP contribution in [0, 0.1) is 11.8 Å². The van der Waals surface area contributed by atoms with Gasteiger partial charge in [0.05, 0.1) is 0 Å². The minimum Gasteiger partial charge on any atom is -0.353 e. The van der Waals surface area contributed by atoms with Crippen molar-refractivity contribution in [3.05, 3.63) is 0 Å². The van der Waals surface area contributed by atoms with Crippen molar-refractivity contribution in [2.45, 2.75) is 84.1 Å². The molecule has 0 aromatic rings. The Morgan fingerprint density at radius 2 is 1.95 bits per heavy atom. The Kier molecular flexibility index (Phi) is 8.92. The second-order valence-electron chi connectivity index (χ2n) is 6.56. The van der Waals surface area contributed by atoms with Crippen LogP contribution in [0.4, 0.5) is 0 Å². The largest absolute Gasteiger partial charge is 0.353 e. The highest BCUT2D eigenvalue weighted by Crippen LogP contribution is 2.23. The highest BCUT2D eigenvalue weighted by Gasteiger charge is 2.21. The first-order chi connectivity index (χ1) is 9.67. The third kappa shape index (κ3) is 6.74. The number of rotatable bonds is 8. The van der Waals surface area contributed by atoms with Gasteiger partial charge in [0, 0.05) is 12.5 Å². The van der Waals surface area contributed by atoms with Gasteiger partial charge in [-0.3, -0.25) is 4.79 Å². The standard InChI is InChI=1S/C17H34N2O/c1-3-7-15(12-13-18)10-11-17(20)19-16-9-6-4-5-8-14(16)2/h14-16H,3-13,18H2,1-2H3,(H,19,20). The number of nitrogens with two attached hydrogens (primary N) is 1. The van der Waals surface area contributed by atoms with Gasteiger partial charge in [0.1, 0.15) is 0 Å². The average molecular weight is 282 g/mol. The molecule has 1 aliphatic carbocycles. The lowest BCUT2D eigenvalue weighted by Crippen LogP contribution is -2.38. The van der Waals surface area contributed by atoms with Gasteiger partial charge in [-0.1, -0.05) is 46.0 Å². The molecule has 3 nitrogen and oxygen atoms in total. The Morgan fingerprint density at radius 1 is 1.20 bits per heavy atom. The summed E-state index contributed by atoms with van der Waals surface area (Å²) in [5.41, 5.74) is 5.65. The summed E-state index contributed by atoms with van der Waals surface area (Å²) in [7, 11) is 0. The van der Waals surface area contributed by atoms with Gasteiger partial charge < -0.3 is 11.1 Å². The van der Waals surface area contributed by atoms with Crippen molar-refractivity contribution in [2.24, 2.45) is 17.6 Å². The number of hydrogen-bond acceptors (Lipinski definition) is 2. The maximum Gasteiger partial charge on any atom is 0.220 e. The van der Waals surface area contributed by atoms with Crippen molar-refractivity contribution >= 4 is 5.91 Å². The molecule has 0 aromatic heterocycles. The number of amides is 1. The van der Waals surface area contributed by atoms with Crippen molar-refractivity contribution in [1.82, 2.24) is 5.32 Å². The zero-order valence-electron chi connectivity index (χ0n) is 13.5. The van der Waals surface area contributed by atoms with Crippen LogP contribution in [-0.4, -0.2) is 18.5 Å². The lowest BCUT2D eigenvalue weighted by atomic mass is 9.93. The van der Waals surface area contributed by atoms with Gasteiger partial charge in [0.2, 0.25) is 5.91 Å². The maximum atomic E-state index is 12.1. The normalized spacial score (nSPS) is 24.9. The van der Waals surface area contributed by atoms with E-state index in [1.165, 1.54) is 38.5 Å². The fraction of sp³-hybridized carbons (Fsp3) is 0.941. The summed E-state index contributed by atoms with van der Waals surface area (Å²) in [4.78, 5) is 12.1. The predicted octanol–water partition coefficient (Wildman–Crippen LogP) is 3.62. The molecule has 3 unspecified atom stereocenters. The fourth-order valence-electron chi connectivity index (χ4n) is 3.40. The number of carbonyl (C=O) groups is 1. The average Bonchev–Trinajstić information content (AvgIpc) is 2.62. The zero-order valence-corrected chi connectivity index (χ0v) is 13.5. The van der Waals surface area contributed by atoms with Crippen LogP contribution in [0.5, 0.6) is 0 Å². The van der Waals surface area contributed by atoms with Crippen LogP contribution in [0.3, 0.4) is 0 Å².